The van der Waals surface area contributed by atoms with Crippen molar-refractivity contribution in [3.8, 4) is 6.07 Å². The molecule has 1 saturated heterocycles. The number of nitrogens with zero attached hydrogens (tertiary/aromatic N) is 4. The van der Waals surface area contributed by atoms with Crippen molar-refractivity contribution in [3.05, 3.63) is 80.1 Å². The van der Waals surface area contributed by atoms with E-state index in [0.29, 0.717) is 22.0 Å². The highest BCUT2D eigenvalue weighted by molar-refractivity contribution is 5.90. The summed E-state index contributed by atoms with van der Waals surface area (Å²) in [5.41, 5.74) is 2.74. The zero-order chi connectivity index (χ0) is 22.4. The lowest BCUT2D eigenvalue weighted by molar-refractivity contribution is 0.406. The van der Waals surface area contributed by atoms with Gasteiger partial charge < -0.3 is 9.32 Å². The molecule has 160 valence electrons. The lowest BCUT2D eigenvalue weighted by Gasteiger charge is -2.22. The number of aryl methyl sites for hydroxylation is 1. The number of aromatic nitrogens is 2. The van der Waals surface area contributed by atoms with Crippen molar-refractivity contribution in [2.24, 2.45) is 0 Å². The van der Waals surface area contributed by atoms with Crippen LogP contribution in [0.3, 0.4) is 0 Å². The SMILES string of the molecule is Cc1cc(C(C)n2c(=O)oc(=O)c3ccccc32)c2nc(N3CCCC3)ccc2c1C#N. The molecule has 7 nitrogen and oxygen atoms in total. The van der Waals surface area contributed by atoms with Crippen LogP contribution in [0.4, 0.5) is 5.82 Å². The number of pyridine rings is 1. The highest BCUT2D eigenvalue weighted by Crippen LogP contribution is 2.33. The average Bonchev–Trinajstić information content (AvgIpc) is 3.33. The van der Waals surface area contributed by atoms with Gasteiger partial charge in [0.15, 0.2) is 0 Å². The lowest BCUT2D eigenvalue weighted by Crippen LogP contribution is -2.28. The van der Waals surface area contributed by atoms with E-state index in [2.05, 4.69) is 11.0 Å². The van der Waals surface area contributed by atoms with Gasteiger partial charge in [0, 0.05) is 24.0 Å². The molecule has 0 spiro atoms. The molecule has 7 heteroatoms. The molecule has 2 aromatic carbocycles. The number of rotatable bonds is 3. The first-order valence-electron chi connectivity index (χ1n) is 10.7. The van der Waals surface area contributed by atoms with Crippen LogP contribution in [0.2, 0.25) is 0 Å². The molecule has 0 N–H and O–H groups in total. The molecule has 3 heterocycles. The summed E-state index contributed by atoms with van der Waals surface area (Å²) in [6.45, 7) is 5.68. The van der Waals surface area contributed by atoms with Gasteiger partial charge in [0.2, 0.25) is 0 Å². The van der Waals surface area contributed by atoms with Crippen LogP contribution in [0.5, 0.6) is 0 Å². The minimum atomic E-state index is -0.716. The Balaban J connectivity index is 1.80. The third kappa shape index (κ3) is 3.07. The quantitative estimate of drug-likeness (QED) is 0.493. The monoisotopic (exact) mass is 426 g/mol. The zero-order valence-corrected chi connectivity index (χ0v) is 18.0. The van der Waals surface area contributed by atoms with Crippen LogP contribution in [-0.2, 0) is 0 Å². The Morgan fingerprint density at radius 2 is 1.84 bits per heavy atom. The van der Waals surface area contributed by atoms with Crippen LogP contribution in [0.25, 0.3) is 21.8 Å². The fraction of sp³-hybridized carbons (Fsp3) is 0.280. The molecule has 0 saturated carbocycles. The maximum Gasteiger partial charge on any atom is 0.422 e. The molecule has 32 heavy (non-hydrogen) atoms. The third-order valence-electron chi connectivity index (χ3n) is 6.33. The first-order valence-corrected chi connectivity index (χ1v) is 10.7. The van der Waals surface area contributed by atoms with Crippen molar-refractivity contribution >= 4 is 27.6 Å². The lowest BCUT2D eigenvalue weighted by atomic mass is 9.95. The number of fused-ring (bicyclic) bond motifs is 2. The third-order valence-corrected chi connectivity index (χ3v) is 6.33. The molecule has 1 fully saturated rings. The van der Waals surface area contributed by atoms with Crippen LogP contribution in [0.1, 0.15) is 42.5 Å². The standard InChI is InChI=1S/C25H22N4O3/c1-15-13-19(16(2)29-21-8-4-3-7-18(21)24(30)32-25(29)31)23-17(20(15)14-26)9-10-22(27-23)28-11-5-6-12-28/h3-4,7-10,13,16H,5-6,11-12H2,1-2H3. The van der Waals surface area contributed by atoms with Gasteiger partial charge in [-0.05, 0) is 56.5 Å². The summed E-state index contributed by atoms with van der Waals surface area (Å²) < 4.78 is 6.51. The van der Waals surface area contributed by atoms with Crippen molar-refractivity contribution in [2.45, 2.75) is 32.7 Å². The van der Waals surface area contributed by atoms with Gasteiger partial charge in [0.1, 0.15) is 11.9 Å². The first-order chi connectivity index (χ1) is 15.5. The molecule has 1 aliphatic heterocycles. The van der Waals surface area contributed by atoms with Crippen LogP contribution >= 0.6 is 0 Å². The van der Waals surface area contributed by atoms with Crippen molar-refractivity contribution in [3.63, 3.8) is 0 Å². The van der Waals surface area contributed by atoms with E-state index in [4.69, 9.17) is 9.40 Å². The molecular weight excluding hydrogens is 404 g/mol. The van der Waals surface area contributed by atoms with E-state index in [1.807, 2.05) is 32.0 Å². The Kier molecular flexibility index (Phi) is 4.78. The Labute approximate surface area is 184 Å². The summed E-state index contributed by atoms with van der Waals surface area (Å²) in [5.74, 6) is 0.153. The normalized spacial score (nSPS) is 14.7. The Morgan fingerprint density at radius 1 is 1.09 bits per heavy atom. The molecule has 0 radical (unpaired) electrons. The highest BCUT2D eigenvalue weighted by atomic mass is 16.4. The molecule has 1 unspecified atom stereocenters. The molecule has 1 aliphatic rings. The van der Waals surface area contributed by atoms with Crippen molar-refractivity contribution in [2.75, 3.05) is 18.0 Å². The second-order valence-corrected chi connectivity index (χ2v) is 8.25. The van der Waals surface area contributed by atoms with Crippen LogP contribution < -0.4 is 16.3 Å². The van der Waals surface area contributed by atoms with Crippen molar-refractivity contribution in [1.82, 2.24) is 9.55 Å². The maximum absolute atomic E-state index is 12.8. The van der Waals surface area contributed by atoms with E-state index in [9.17, 15) is 14.9 Å². The number of anilines is 1. The van der Waals surface area contributed by atoms with Crippen LogP contribution in [0, 0.1) is 18.3 Å². The summed E-state index contributed by atoms with van der Waals surface area (Å²) >= 11 is 0. The van der Waals surface area contributed by atoms with Crippen LogP contribution in [-0.4, -0.2) is 22.6 Å². The van der Waals surface area contributed by atoms with E-state index in [0.717, 1.165) is 48.3 Å². The summed E-state index contributed by atoms with van der Waals surface area (Å²) in [7, 11) is 0. The molecule has 1 atom stereocenters. The summed E-state index contributed by atoms with van der Waals surface area (Å²) in [6, 6.07) is 14.6. The van der Waals surface area contributed by atoms with Gasteiger partial charge in [-0.15, -0.1) is 0 Å². The smallest absolute Gasteiger partial charge is 0.372 e. The topological polar surface area (TPSA) is 92.1 Å². The minimum Gasteiger partial charge on any atom is -0.372 e. The molecule has 0 amide bonds. The van der Waals surface area contributed by atoms with Gasteiger partial charge in [-0.25, -0.2) is 14.6 Å². The minimum absolute atomic E-state index is 0.347. The fourth-order valence-electron chi connectivity index (χ4n) is 4.69. The van der Waals surface area contributed by atoms with Gasteiger partial charge in [-0.1, -0.05) is 18.2 Å². The van der Waals surface area contributed by atoms with Gasteiger partial charge in [-0.2, -0.15) is 5.26 Å². The maximum atomic E-state index is 12.8. The second kappa shape index (κ2) is 7.65. The molecule has 2 aromatic heterocycles. The largest absolute Gasteiger partial charge is 0.422 e. The van der Waals surface area contributed by atoms with Crippen molar-refractivity contribution in [1.29, 1.82) is 5.26 Å². The summed E-state index contributed by atoms with van der Waals surface area (Å²) in [4.78, 5) is 32.2. The predicted molar refractivity (Wildman–Crippen MR) is 123 cm³/mol. The Hall–Kier alpha value is -3.92. The zero-order valence-electron chi connectivity index (χ0n) is 18.0. The van der Waals surface area contributed by atoms with Crippen molar-refractivity contribution < 1.29 is 4.42 Å². The number of benzene rings is 2. The van der Waals surface area contributed by atoms with Crippen LogP contribution in [0.15, 0.2) is 56.5 Å². The summed E-state index contributed by atoms with van der Waals surface area (Å²) in [5, 5.41) is 10.9. The molecule has 5 rings (SSSR count). The Bertz CT molecular complexity index is 1520. The fourth-order valence-corrected chi connectivity index (χ4v) is 4.69. The van der Waals surface area contributed by atoms with Gasteiger partial charge >= 0.3 is 11.4 Å². The number of hydrogen-bond acceptors (Lipinski definition) is 6. The van der Waals surface area contributed by atoms with Gasteiger partial charge in [0.05, 0.1) is 28.0 Å². The molecule has 0 bridgehead atoms. The second-order valence-electron chi connectivity index (χ2n) is 8.25. The number of hydrogen-bond donors (Lipinski definition) is 0. The Morgan fingerprint density at radius 3 is 2.59 bits per heavy atom. The van der Waals surface area contributed by atoms with E-state index in [1.165, 1.54) is 4.57 Å². The summed E-state index contributed by atoms with van der Waals surface area (Å²) in [6.07, 6.45) is 2.26. The molecular formula is C25H22N4O3. The highest BCUT2D eigenvalue weighted by Gasteiger charge is 2.22. The van der Waals surface area contributed by atoms with E-state index < -0.39 is 17.4 Å². The predicted octanol–water partition coefficient (Wildman–Crippen LogP) is 3.89. The van der Waals surface area contributed by atoms with Gasteiger partial charge in [0.25, 0.3) is 0 Å². The van der Waals surface area contributed by atoms with E-state index in [-0.39, 0.29) is 0 Å². The molecule has 0 aliphatic carbocycles. The average molecular weight is 426 g/mol. The number of nitriles is 1. The number of para-hydroxylation sites is 1. The van der Waals surface area contributed by atoms with E-state index in [1.54, 1.807) is 24.3 Å². The molecule has 4 aromatic rings. The van der Waals surface area contributed by atoms with Gasteiger partial charge in [-0.3, -0.25) is 4.57 Å². The first kappa shape index (κ1) is 20.0. The van der Waals surface area contributed by atoms with E-state index >= 15 is 0 Å².